The van der Waals surface area contributed by atoms with Gasteiger partial charge in [0.1, 0.15) is 6.04 Å². The molecule has 9 nitrogen and oxygen atoms in total. The van der Waals surface area contributed by atoms with Crippen LogP contribution in [-0.2, 0) is 19.6 Å². The highest BCUT2D eigenvalue weighted by Gasteiger charge is 2.54. The molecule has 0 bridgehead atoms. The summed E-state index contributed by atoms with van der Waals surface area (Å²) in [6.45, 7) is 5.81. The topological polar surface area (TPSA) is 123 Å². The van der Waals surface area contributed by atoms with E-state index in [4.69, 9.17) is 0 Å². The monoisotopic (exact) mass is 490 g/mol. The average molecular weight is 491 g/mol. The number of fused-ring (bicyclic) bond motifs is 2. The van der Waals surface area contributed by atoms with Crippen molar-refractivity contribution in [3.05, 3.63) is 35.5 Å². The molecule has 3 N–H and O–H groups in total. The highest BCUT2D eigenvalue weighted by Crippen LogP contribution is 2.44. The summed E-state index contributed by atoms with van der Waals surface area (Å²) in [7, 11) is -3.48. The van der Waals surface area contributed by atoms with Crippen molar-refractivity contribution in [1.29, 1.82) is 0 Å². The molecule has 2 aliphatic heterocycles. The number of aliphatic hydroxyl groups is 1. The number of likely N-dealkylation sites (tertiary alicyclic amines) is 1. The van der Waals surface area contributed by atoms with E-state index >= 15 is 0 Å². The van der Waals surface area contributed by atoms with E-state index in [0.717, 1.165) is 22.0 Å². The van der Waals surface area contributed by atoms with Crippen molar-refractivity contribution < 1.29 is 23.1 Å². The number of H-pyrrole nitrogens is 1. The molecule has 10 heteroatoms. The zero-order chi connectivity index (χ0) is 24.8. The number of sulfonamides is 1. The lowest BCUT2D eigenvalue weighted by molar-refractivity contribution is -0.139. The Morgan fingerprint density at radius 2 is 2.06 bits per heavy atom. The molecule has 0 spiro atoms. The highest BCUT2D eigenvalue weighted by atomic mass is 32.2. The lowest BCUT2D eigenvalue weighted by Gasteiger charge is -2.31. The minimum Gasteiger partial charge on any atom is -0.394 e. The second-order valence-electron chi connectivity index (χ2n) is 9.66. The van der Waals surface area contributed by atoms with E-state index in [9.17, 15) is 23.1 Å². The number of carbonyl (C=O) groups excluding carboxylic acids is 2. The Bertz CT molecular complexity index is 1190. The van der Waals surface area contributed by atoms with Crippen LogP contribution in [0, 0.1) is 12.8 Å². The van der Waals surface area contributed by atoms with Gasteiger partial charge in [0.15, 0.2) is 0 Å². The fourth-order valence-electron chi connectivity index (χ4n) is 5.41. The fraction of sp³-hybridized carbons (Fsp3) is 0.583. The van der Waals surface area contributed by atoms with Gasteiger partial charge in [-0.25, -0.2) is 8.42 Å². The van der Waals surface area contributed by atoms with Gasteiger partial charge in [0.2, 0.25) is 21.8 Å². The number of aromatic nitrogens is 1. The highest BCUT2D eigenvalue weighted by molar-refractivity contribution is 7.88. The van der Waals surface area contributed by atoms with Gasteiger partial charge in [0, 0.05) is 48.1 Å². The molecule has 2 aliphatic rings. The van der Waals surface area contributed by atoms with E-state index in [-0.39, 0.29) is 42.3 Å². The van der Waals surface area contributed by atoms with Crippen molar-refractivity contribution in [3.63, 3.8) is 0 Å². The molecule has 0 saturated carbocycles. The SMILES string of the molecule is CC[C@@H](C)C(=O)N[C@@H](CO)C(=O)N1CC[C@@H]2[C@H]1[C@@H](c1c[nH]c3cc(C)ccc13)CN2S(C)(=O)=O. The van der Waals surface area contributed by atoms with Gasteiger partial charge in [0.25, 0.3) is 0 Å². The Kier molecular flexibility index (Phi) is 6.76. The minimum atomic E-state index is -3.48. The third kappa shape index (κ3) is 4.34. The van der Waals surface area contributed by atoms with E-state index in [0.29, 0.717) is 19.4 Å². The zero-order valence-electron chi connectivity index (χ0n) is 20.1. The molecule has 1 aromatic heterocycles. The average Bonchev–Trinajstić information content (AvgIpc) is 3.49. The summed E-state index contributed by atoms with van der Waals surface area (Å²) in [5.74, 6) is -1.16. The summed E-state index contributed by atoms with van der Waals surface area (Å²) < 4.78 is 26.8. The lowest BCUT2D eigenvalue weighted by atomic mass is 9.91. The number of hydrogen-bond acceptors (Lipinski definition) is 5. The van der Waals surface area contributed by atoms with Gasteiger partial charge in [0.05, 0.1) is 18.9 Å². The van der Waals surface area contributed by atoms with Gasteiger partial charge in [-0.1, -0.05) is 26.0 Å². The molecule has 0 radical (unpaired) electrons. The van der Waals surface area contributed by atoms with Crippen molar-refractivity contribution in [2.75, 3.05) is 26.0 Å². The van der Waals surface area contributed by atoms with Gasteiger partial charge < -0.3 is 20.3 Å². The second kappa shape index (κ2) is 9.31. The van der Waals surface area contributed by atoms with E-state index in [1.165, 1.54) is 10.6 Å². The molecule has 0 aliphatic carbocycles. The van der Waals surface area contributed by atoms with Gasteiger partial charge >= 0.3 is 0 Å². The maximum atomic E-state index is 13.5. The van der Waals surface area contributed by atoms with Crippen LogP contribution in [0.3, 0.4) is 0 Å². The van der Waals surface area contributed by atoms with Crippen molar-refractivity contribution in [2.24, 2.45) is 5.92 Å². The van der Waals surface area contributed by atoms with Crippen LogP contribution >= 0.6 is 0 Å². The molecule has 4 rings (SSSR count). The van der Waals surface area contributed by atoms with E-state index in [2.05, 4.69) is 10.3 Å². The molecule has 3 heterocycles. The Morgan fingerprint density at radius 1 is 1.32 bits per heavy atom. The van der Waals surface area contributed by atoms with Crippen LogP contribution in [0.15, 0.2) is 24.4 Å². The van der Waals surface area contributed by atoms with Gasteiger partial charge in [-0.15, -0.1) is 0 Å². The maximum Gasteiger partial charge on any atom is 0.247 e. The Labute approximate surface area is 200 Å². The van der Waals surface area contributed by atoms with E-state index in [1.54, 1.807) is 11.8 Å². The number of nitrogens with zero attached hydrogens (tertiary/aromatic N) is 2. The number of amides is 2. The van der Waals surface area contributed by atoms with Crippen molar-refractivity contribution in [3.8, 4) is 0 Å². The summed E-state index contributed by atoms with van der Waals surface area (Å²) in [5, 5.41) is 13.6. The van der Waals surface area contributed by atoms with Crippen molar-refractivity contribution in [2.45, 2.75) is 57.7 Å². The first-order chi connectivity index (χ1) is 16.1. The molecule has 0 unspecified atom stereocenters. The summed E-state index contributed by atoms with van der Waals surface area (Å²) in [6, 6.07) is 4.31. The van der Waals surface area contributed by atoms with Crippen LogP contribution in [0.4, 0.5) is 0 Å². The van der Waals surface area contributed by atoms with Crippen LogP contribution in [0.5, 0.6) is 0 Å². The van der Waals surface area contributed by atoms with Crippen LogP contribution in [0.2, 0.25) is 0 Å². The van der Waals surface area contributed by atoms with Gasteiger partial charge in [-0.05, 0) is 37.0 Å². The van der Waals surface area contributed by atoms with Crippen LogP contribution in [0.25, 0.3) is 10.9 Å². The largest absolute Gasteiger partial charge is 0.394 e. The molecular weight excluding hydrogens is 456 g/mol. The van der Waals surface area contributed by atoms with Crippen molar-refractivity contribution >= 4 is 32.7 Å². The number of rotatable bonds is 7. The number of aryl methyl sites for hydroxylation is 1. The molecule has 186 valence electrons. The number of nitrogens with one attached hydrogen (secondary N) is 2. The number of carbonyl (C=O) groups is 2. The standard InChI is InChI=1S/C24H34N4O5S/c1-5-15(3)23(30)26-20(13-29)24(31)27-9-8-21-22(27)18(12-28(21)34(4,32)33)17-11-25-19-10-14(2)6-7-16(17)19/h6-7,10-11,15,18,20-22,25,29H,5,8-9,12-13H2,1-4H3,(H,26,30)/t15-,18-,20+,21-,22-/m1/s1. The molecule has 1 aromatic carbocycles. The van der Waals surface area contributed by atoms with Gasteiger partial charge in [-0.3, -0.25) is 9.59 Å². The van der Waals surface area contributed by atoms with E-state index < -0.39 is 22.7 Å². The number of aromatic amines is 1. The molecule has 2 fully saturated rings. The maximum absolute atomic E-state index is 13.5. The van der Waals surface area contributed by atoms with Crippen molar-refractivity contribution in [1.82, 2.24) is 19.5 Å². The molecule has 2 amide bonds. The molecular formula is C24H34N4O5S. The molecule has 5 atom stereocenters. The predicted molar refractivity (Wildman–Crippen MR) is 130 cm³/mol. The summed E-state index contributed by atoms with van der Waals surface area (Å²) in [4.78, 5) is 30.9. The van der Waals surface area contributed by atoms with E-state index in [1.807, 2.05) is 38.2 Å². The molecule has 34 heavy (non-hydrogen) atoms. The predicted octanol–water partition coefficient (Wildman–Crippen LogP) is 1.33. The van der Waals surface area contributed by atoms with Gasteiger partial charge in [-0.2, -0.15) is 4.31 Å². The normalized spacial score (nSPS) is 24.9. The fourth-order valence-corrected chi connectivity index (χ4v) is 6.56. The first kappa shape index (κ1) is 24.7. The lowest BCUT2D eigenvalue weighted by Crippen LogP contribution is -2.54. The van der Waals surface area contributed by atoms with Crippen LogP contribution < -0.4 is 5.32 Å². The number of hydrogen-bond donors (Lipinski definition) is 3. The Morgan fingerprint density at radius 3 is 2.71 bits per heavy atom. The van der Waals surface area contributed by atoms with Crippen LogP contribution in [0.1, 0.15) is 43.7 Å². The third-order valence-corrected chi connectivity index (χ3v) is 8.69. The zero-order valence-corrected chi connectivity index (χ0v) is 20.9. The smallest absolute Gasteiger partial charge is 0.247 e. The van der Waals surface area contributed by atoms with Crippen LogP contribution in [-0.4, -0.2) is 83.6 Å². The Balaban J connectivity index is 1.69. The second-order valence-corrected chi connectivity index (χ2v) is 11.6. The number of aliphatic hydroxyl groups excluding tert-OH is 1. The summed E-state index contributed by atoms with van der Waals surface area (Å²) >= 11 is 0. The summed E-state index contributed by atoms with van der Waals surface area (Å²) in [5.41, 5.74) is 3.05. The molecule has 2 aromatic rings. The minimum absolute atomic E-state index is 0.229. The quantitative estimate of drug-likeness (QED) is 0.540. The first-order valence-corrected chi connectivity index (χ1v) is 13.7. The summed E-state index contributed by atoms with van der Waals surface area (Å²) in [6.07, 6.45) is 4.25. The first-order valence-electron chi connectivity index (χ1n) is 11.8. The third-order valence-electron chi connectivity index (χ3n) is 7.41. The number of benzene rings is 1. The Hall–Kier alpha value is -2.43. The molecule has 2 saturated heterocycles.